The summed E-state index contributed by atoms with van der Waals surface area (Å²) in [6.07, 6.45) is 5.12. The van der Waals surface area contributed by atoms with Gasteiger partial charge >= 0.3 is 0 Å². The predicted octanol–water partition coefficient (Wildman–Crippen LogP) is 2.26. The average Bonchev–Trinajstić information content (AvgIpc) is 2.63. The number of aryl methyl sites for hydroxylation is 1. The van der Waals surface area contributed by atoms with E-state index in [4.69, 9.17) is 5.73 Å². The molecule has 100 valence electrons. The van der Waals surface area contributed by atoms with Gasteiger partial charge in [-0.2, -0.15) is 0 Å². The lowest BCUT2D eigenvalue weighted by molar-refractivity contribution is 0.459. The monoisotopic (exact) mass is 248 g/mol. The summed E-state index contributed by atoms with van der Waals surface area (Å²) in [6.45, 7) is 6.94. The summed E-state index contributed by atoms with van der Waals surface area (Å²) in [5.41, 5.74) is 7.63. The lowest BCUT2D eigenvalue weighted by Crippen LogP contribution is -2.27. The van der Waals surface area contributed by atoms with Crippen molar-refractivity contribution in [2.45, 2.75) is 46.1 Å². The third-order valence-corrected chi connectivity index (χ3v) is 3.81. The number of anilines is 1. The number of hydrogen-bond donors (Lipinski definition) is 1. The molecular formula is C14H24N4. The van der Waals surface area contributed by atoms with Crippen LogP contribution in [0.25, 0.3) is 0 Å². The van der Waals surface area contributed by atoms with Gasteiger partial charge in [0.15, 0.2) is 0 Å². The molecule has 4 nitrogen and oxygen atoms in total. The normalized spacial score (nSPS) is 20.8. The van der Waals surface area contributed by atoms with Crippen LogP contribution in [0.1, 0.15) is 44.0 Å². The standard InChI is InChI=1S/C14H24N4/c1-3-12-5-4-7-18(8-6-12)14-16-11(2)9-13(10-15)17-14/h9,12H,3-8,10,15H2,1-2H3. The molecule has 2 heterocycles. The van der Waals surface area contributed by atoms with Gasteiger partial charge in [0.05, 0.1) is 5.69 Å². The first-order chi connectivity index (χ1) is 8.72. The maximum atomic E-state index is 5.68. The first-order valence-corrected chi connectivity index (χ1v) is 7.02. The molecule has 2 rings (SSSR count). The first-order valence-electron chi connectivity index (χ1n) is 7.02. The van der Waals surface area contributed by atoms with Gasteiger partial charge < -0.3 is 10.6 Å². The van der Waals surface area contributed by atoms with Gasteiger partial charge in [-0.1, -0.05) is 13.3 Å². The summed E-state index contributed by atoms with van der Waals surface area (Å²) in [5, 5.41) is 0. The van der Waals surface area contributed by atoms with E-state index in [9.17, 15) is 0 Å². The SMILES string of the molecule is CCC1CCCN(c2nc(C)cc(CN)n2)CC1. The summed E-state index contributed by atoms with van der Waals surface area (Å²) in [5.74, 6) is 1.74. The second-order valence-electron chi connectivity index (χ2n) is 5.20. The van der Waals surface area contributed by atoms with Crippen LogP contribution in [0.3, 0.4) is 0 Å². The minimum Gasteiger partial charge on any atom is -0.341 e. The van der Waals surface area contributed by atoms with Crippen LogP contribution in [0.15, 0.2) is 6.07 Å². The van der Waals surface area contributed by atoms with E-state index in [1.807, 2.05) is 13.0 Å². The van der Waals surface area contributed by atoms with Gasteiger partial charge in [0, 0.05) is 25.3 Å². The van der Waals surface area contributed by atoms with E-state index in [2.05, 4.69) is 21.8 Å². The van der Waals surface area contributed by atoms with Crippen molar-refractivity contribution in [3.05, 3.63) is 17.5 Å². The Kier molecular flexibility index (Phi) is 4.53. The zero-order chi connectivity index (χ0) is 13.0. The quantitative estimate of drug-likeness (QED) is 0.891. The lowest BCUT2D eigenvalue weighted by Gasteiger charge is -2.21. The van der Waals surface area contributed by atoms with E-state index >= 15 is 0 Å². The zero-order valence-electron chi connectivity index (χ0n) is 11.5. The van der Waals surface area contributed by atoms with Crippen molar-refractivity contribution in [2.75, 3.05) is 18.0 Å². The van der Waals surface area contributed by atoms with Gasteiger partial charge in [0.25, 0.3) is 0 Å². The van der Waals surface area contributed by atoms with E-state index in [1.54, 1.807) is 0 Å². The Morgan fingerprint density at radius 1 is 1.33 bits per heavy atom. The molecule has 1 aliphatic rings. The van der Waals surface area contributed by atoms with E-state index in [-0.39, 0.29) is 0 Å². The second-order valence-corrected chi connectivity index (χ2v) is 5.20. The van der Waals surface area contributed by atoms with E-state index < -0.39 is 0 Å². The average molecular weight is 248 g/mol. The number of hydrogen-bond acceptors (Lipinski definition) is 4. The molecule has 1 aromatic rings. The Bertz CT molecular complexity index is 391. The van der Waals surface area contributed by atoms with Crippen LogP contribution in [0, 0.1) is 12.8 Å². The number of rotatable bonds is 3. The van der Waals surface area contributed by atoms with Crippen molar-refractivity contribution in [3.63, 3.8) is 0 Å². The smallest absolute Gasteiger partial charge is 0.225 e. The van der Waals surface area contributed by atoms with Crippen LogP contribution in [0.4, 0.5) is 5.95 Å². The Morgan fingerprint density at radius 3 is 2.89 bits per heavy atom. The minimum absolute atomic E-state index is 0.488. The Labute approximate surface area is 110 Å². The van der Waals surface area contributed by atoms with Crippen molar-refractivity contribution in [3.8, 4) is 0 Å². The van der Waals surface area contributed by atoms with Gasteiger partial charge in [-0.3, -0.25) is 0 Å². The molecule has 4 heteroatoms. The summed E-state index contributed by atoms with van der Waals surface area (Å²) in [7, 11) is 0. The van der Waals surface area contributed by atoms with Crippen LogP contribution in [-0.4, -0.2) is 23.1 Å². The number of aromatic nitrogens is 2. The third kappa shape index (κ3) is 3.19. The van der Waals surface area contributed by atoms with Crippen LogP contribution in [-0.2, 0) is 6.54 Å². The molecule has 0 bridgehead atoms. The summed E-state index contributed by atoms with van der Waals surface area (Å²) in [6, 6.07) is 1.97. The van der Waals surface area contributed by atoms with Gasteiger partial charge in [0.1, 0.15) is 0 Å². The van der Waals surface area contributed by atoms with Crippen molar-refractivity contribution >= 4 is 5.95 Å². The van der Waals surface area contributed by atoms with Gasteiger partial charge in [-0.15, -0.1) is 0 Å². The van der Waals surface area contributed by atoms with Crippen LogP contribution in [0.5, 0.6) is 0 Å². The van der Waals surface area contributed by atoms with Crippen molar-refractivity contribution in [1.29, 1.82) is 0 Å². The van der Waals surface area contributed by atoms with Crippen molar-refractivity contribution in [1.82, 2.24) is 9.97 Å². The van der Waals surface area contributed by atoms with E-state index in [0.29, 0.717) is 6.54 Å². The maximum absolute atomic E-state index is 5.68. The molecule has 1 atom stereocenters. The van der Waals surface area contributed by atoms with E-state index in [1.165, 1.54) is 25.7 Å². The molecule has 1 saturated heterocycles. The molecule has 1 unspecified atom stereocenters. The van der Waals surface area contributed by atoms with Crippen LogP contribution < -0.4 is 10.6 Å². The zero-order valence-corrected chi connectivity index (χ0v) is 11.5. The predicted molar refractivity (Wildman–Crippen MR) is 74.5 cm³/mol. The molecule has 1 aromatic heterocycles. The third-order valence-electron chi connectivity index (χ3n) is 3.81. The molecule has 0 spiro atoms. The number of nitrogens with zero attached hydrogens (tertiary/aromatic N) is 3. The van der Waals surface area contributed by atoms with Gasteiger partial charge in [-0.05, 0) is 38.2 Å². The highest BCUT2D eigenvalue weighted by atomic mass is 15.2. The lowest BCUT2D eigenvalue weighted by atomic mass is 9.98. The van der Waals surface area contributed by atoms with Gasteiger partial charge in [-0.25, -0.2) is 9.97 Å². The largest absolute Gasteiger partial charge is 0.341 e. The Morgan fingerprint density at radius 2 is 2.17 bits per heavy atom. The highest BCUT2D eigenvalue weighted by molar-refractivity contribution is 5.32. The second kappa shape index (κ2) is 6.14. The van der Waals surface area contributed by atoms with E-state index in [0.717, 1.165) is 36.3 Å². The fraction of sp³-hybridized carbons (Fsp3) is 0.714. The molecule has 0 radical (unpaired) electrons. The number of nitrogens with two attached hydrogens (primary N) is 1. The van der Waals surface area contributed by atoms with Gasteiger partial charge in [0.2, 0.25) is 5.95 Å². The summed E-state index contributed by atoms with van der Waals surface area (Å²) in [4.78, 5) is 11.4. The fourth-order valence-corrected chi connectivity index (χ4v) is 2.64. The minimum atomic E-state index is 0.488. The molecule has 0 amide bonds. The highest BCUT2D eigenvalue weighted by Gasteiger charge is 2.18. The molecular weight excluding hydrogens is 224 g/mol. The molecule has 2 N–H and O–H groups in total. The molecule has 1 fully saturated rings. The fourth-order valence-electron chi connectivity index (χ4n) is 2.64. The van der Waals surface area contributed by atoms with Crippen LogP contribution >= 0.6 is 0 Å². The summed E-state index contributed by atoms with van der Waals surface area (Å²) < 4.78 is 0. The Balaban J connectivity index is 2.13. The Hall–Kier alpha value is -1.16. The topological polar surface area (TPSA) is 55.0 Å². The highest BCUT2D eigenvalue weighted by Crippen LogP contribution is 2.22. The molecule has 18 heavy (non-hydrogen) atoms. The summed E-state index contributed by atoms with van der Waals surface area (Å²) >= 11 is 0. The molecule has 0 saturated carbocycles. The van der Waals surface area contributed by atoms with Crippen LogP contribution in [0.2, 0.25) is 0 Å². The molecule has 1 aliphatic heterocycles. The maximum Gasteiger partial charge on any atom is 0.225 e. The van der Waals surface area contributed by atoms with Crippen molar-refractivity contribution < 1.29 is 0 Å². The first kappa shape index (κ1) is 13.3. The molecule has 0 aromatic carbocycles. The molecule has 0 aliphatic carbocycles. The van der Waals surface area contributed by atoms with Crippen molar-refractivity contribution in [2.24, 2.45) is 11.7 Å².